The van der Waals surface area contributed by atoms with Crippen LogP contribution in [0.4, 0.5) is 0 Å². The number of amides is 1. The van der Waals surface area contributed by atoms with Crippen molar-refractivity contribution in [3.05, 3.63) is 30.1 Å². The maximum atomic E-state index is 11.1. The summed E-state index contributed by atoms with van der Waals surface area (Å²) in [5.74, 6) is -0.685. The van der Waals surface area contributed by atoms with E-state index in [0.29, 0.717) is 0 Å². The Morgan fingerprint density at radius 3 is 2.77 bits per heavy atom. The summed E-state index contributed by atoms with van der Waals surface area (Å²) in [4.78, 5) is 30.2. The number of rotatable bonds is 5. The van der Waals surface area contributed by atoms with Gasteiger partial charge >= 0.3 is 0 Å². The van der Waals surface area contributed by atoms with Crippen molar-refractivity contribution in [2.75, 3.05) is 6.61 Å². The van der Waals surface area contributed by atoms with Crippen LogP contribution in [0.5, 0.6) is 0 Å². The van der Waals surface area contributed by atoms with Crippen LogP contribution < -0.4 is 15.2 Å². The van der Waals surface area contributed by atoms with Gasteiger partial charge in [0.1, 0.15) is 17.8 Å². The van der Waals surface area contributed by atoms with Gasteiger partial charge in [0.15, 0.2) is 18.5 Å². The summed E-state index contributed by atoms with van der Waals surface area (Å²) in [6.45, 7) is -0.665. The van der Waals surface area contributed by atoms with Crippen molar-refractivity contribution < 1.29 is 43.2 Å². The van der Waals surface area contributed by atoms with Crippen molar-refractivity contribution in [3.8, 4) is 0 Å². The van der Waals surface area contributed by atoms with Crippen LogP contribution in [0, 0.1) is 0 Å². The first kappa shape index (κ1) is 17.0. The Morgan fingerprint density at radius 2 is 2.18 bits per heavy atom. The molecule has 22 heavy (non-hydrogen) atoms. The van der Waals surface area contributed by atoms with Gasteiger partial charge in [-0.1, -0.05) is 0 Å². The molecule has 5 atom stereocenters. The predicted molar refractivity (Wildman–Crippen MR) is 66.9 cm³/mol. The average molecular weight is 334 g/mol. The molecule has 1 fully saturated rings. The molecule has 0 spiro atoms. The fourth-order valence-corrected chi connectivity index (χ4v) is 2.41. The lowest BCUT2D eigenvalue weighted by atomic mass is 10.1. The zero-order valence-electron chi connectivity index (χ0n) is 11.2. The van der Waals surface area contributed by atoms with Gasteiger partial charge < -0.3 is 35.0 Å². The van der Waals surface area contributed by atoms with E-state index in [-0.39, 0.29) is 5.56 Å². The van der Waals surface area contributed by atoms with Gasteiger partial charge in [0.05, 0.1) is 6.61 Å². The molecule has 10 nitrogen and oxygen atoms in total. The van der Waals surface area contributed by atoms with Gasteiger partial charge in [-0.05, 0) is 6.07 Å². The van der Waals surface area contributed by atoms with Crippen LogP contribution in [0.3, 0.4) is 0 Å². The number of nitrogens with zero attached hydrogens (tertiary/aromatic N) is 1. The number of carbonyl (C=O) groups excluding carboxylic acids is 1. The Bertz CT molecular complexity index is 606. The van der Waals surface area contributed by atoms with E-state index in [1.165, 1.54) is 29.1 Å². The molecular weight excluding hydrogens is 319 g/mol. The Kier molecular flexibility index (Phi) is 4.93. The number of aliphatic hydroxyl groups excluding tert-OH is 2. The summed E-state index contributed by atoms with van der Waals surface area (Å²) in [7, 11) is -4.97. The lowest BCUT2D eigenvalue weighted by Gasteiger charge is -2.19. The third-order valence-corrected chi connectivity index (χ3v) is 3.62. The number of ether oxygens (including phenoxy) is 1. The zero-order chi connectivity index (χ0) is 16.5. The number of hydrogen-bond acceptors (Lipinski definition) is 7. The van der Waals surface area contributed by atoms with E-state index in [1.54, 1.807) is 0 Å². The highest BCUT2D eigenvalue weighted by atomic mass is 31.2. The minimum Gasteiger partial charge on any atom is -0.756 e. The number of hydrogen-bond donors (Lipinski definition) is 4. The van der Waals surface area contributed by atoms with E-state index in [0.717, 1.165) is 0 Å². The molecule has 1 saturated heterocycles. The largest absolute Gasteiger partial charge is 0.756 e. The van der Waals surface area contributed by atoms with Crippen LogP contribution in [0.15, 0.2) is 24.5 Å². The van der Waals surface area contributed by atoms with Crippen molar-refractivity contribution in [2.24, 2.45) is 5.73 Å². The summed E-state index contributed by atoms with van der Waals surface area (Å²) in [6.07, 6.45) is -2.31. The van der Waals surface area contributed by atoms with Gasteiger partial charge in [0.2, 0.25) is 0 Å². The molecule has 0 aromatic carbocycles. The highest BCUT2D eigenvalue weighted by Gasteiger charge is 2.48. The van der Waals surface area contributed by atoms with E-state index in [9.17, 15) is 24.5 Å². The standard InChI is InChI=1S/C11H15N2O8P/c12-10(16)6-2-1-3-13(4-6)11-9(15)8(14)7(21-11)5-20-22(17,18)19/h1-4,7-9,11,14-15H,5H2,(H3-,12,16,17,18,19)/t7?,8?,9-,11?/m0/s1. The minimum atomic E-state index is -4.97. The highest BCUT2D eigenvalue weighted by Crippen LogP contribution is 2.33. The van der Waals surface area contributed by atoms with Crippen LogP contribution in [0.1, 0.15) is 16.6 Å². The van der Waals surface area contributed by atoms with Crippen molar-refractivity contribution >= 4 is 13.7 Å². The minimum absolute atomic E-state index is 0.159. The van der Waals surface area contributed by atoms with Crippen LogP contribution in [0.25, 0.3) is 0 Å². The molecule has 11 heteroatoms. The quantitative estimate of drug-likeness (QED) is 0.330. The molecule has 1 amide bonds. The molecule has 122 valence electrons. The maximum Gasteiger partial charge on any atom is 0.292 e. The molecule has 2 heterocycles. The van der Waals surface area contributed by atoms with Gasteiger partial charge in [0, 0.05) is 6.07 Å². The number of aliphatic hydroxyl groups is 2. The molecule has 1 aromatic heterocycles. The molecule has 1 aromatic rings. The van der Waals surface area contributed by atoms with E-state index >= 15 is 0 Å². The molecule has 1 aliphatic heterocycles. The fraction of sp³-hybridized carbons (Fsp3) is 0.455. The molecule has 0 aliphatic carbocycles. The Hall–Kier alpha value is -1.39. The topological polar surface area (TPSA) is 166 Å². The van der Waals surface area contributed by atoms with Crippen molar-refractivity contribution in [2.45, 2.75) is 24.5 Å². The number of phosphoric ester groups is 1. The van der Waals surface area contributed by atoms with Gasteiger partial charge in [-0.25, -0.2) is 0 Å². The lowest BCUT2D eigenvalue weighted by Crippen LogP contribution is -2.46. The first-order valence-corrected chi connectivity index (χ1v) is 7.69. The number of aromatic nitrogens is 1. The SMILES string of the molecule is NC(=O)c1ccc[n+](C2OC(COP(=O)([O-])O)C(O)[C@@H]2O)c1. The van der Waals surface area contributed by atoms with Gasteiger partial charge in [-0.15, -0.1) is 0 Å². The third-order valence-electron chi connectivity index (χ3n) is 3.14. The van der Waals surface area contributed by atoms with E-state index < -0.39 is 44.9 Å². The molecule has 2 rings (SSSR count). The van der Waals surface area contributed by atoms with Crippen LogP contribution in [-0.2, 0) is 13.8 Å². The molecular formula is C11H15N2O8P. The Labute approximate surface area is 124 Å². The summed E-state index contributed by atoms with van der Waals surface area (Å²) in [5, 5.41) is 19.8. The third kappa shape index (κ3) is 3.87. The van der Waals surface area contributed by atoms with E-state index in [1.807, 2.05) is 0 Å². The molecule has 0 saturated carbocycles. The average Bonchev–Trinajstić information content (AvgIpc) is 2.72. The number of pyridine rings is 1. The maximum absolute atomic E-state index is 11.1. The molecule has 1 aliphatic rings. The number of phosphoric acid groups is 1. The monoisotopic (exact) mass is 334 g/mol. The summed E-state index contributed by atoms with van der Waals surface area (Å²) in [5.41, 5.74) is 5.31. The Morgan fingerprint density at radius 1 is 1.50 bits per heavy atom. The zero-order valence-corrected chi connectivity index (χ0v) is 12.1. The van der Waals surface area contributed by atoms with Crippen LogP contribution >= 0.6 is 7.82 Å². The van der Waals surface area contributed by atoms with Crippen LogP contribution in [-0.4, -0.2) is 45.9 Å². The molecule has 4 unspecified atom stereocenters. The number of nitrogens with two attached hydrogens (primary N) is 1. The van der Waals surface area contributed by atoms with Crippen molar-refractivity contribution in [1.82, 2.24) is 0 Å². The molecule has 0 bridgehead atoms. The predicted octanol–water partition coefficient (Wildman–Crippen LogP) is -2.83. The van der Waals surface area contributed by atoms with Gasteiger partial charge in [0.25, 0.3) is 20.0 Å². The highest BCUT2D eigenvalue weighted by molar-refractivity contribution is 7.44. The van der Waals surface area contributed by atoms with Crippen LogP contribution in [0.2, 0.25) is 0 Å². The normalized spacial score (nSPS) is 30.9. The van der Waals surface area contributed by atoms with Gasteiger partial charge in [-0.3, -0.25) is 9.36 Å². The van der Waals surface area contributed by atoms with E-state index in [2.05, 4.69) is 4.52 Å². The van der Waals surface area contributed by atoms with E-state index in [4.69, 9.17) is 15.4 Å². The second-order valence-electron chi connectivity index (χ2n) is 4.71. The second-order valence-corrected chi connectivity index (χ2v) is 5.91. The number of primary amides is 1. The summed E-state index contributed by atoms with van der Waals surface area (Å²) in [6, 6.07) is 2.95. The molecule has 0 radical (unpaired) electrons. The number of carbonyl (C=O) groups is 1. The first-order chi connectivity index (χ1) is 10.2. The fourth-order valence-electron chi connectivity index (χ4n) is 2.08. The summed E-state index contributed by atoms with van der Waals surface area (Å²) < 4.78 is 21.3. The Balaban J connectivity index is 2.14. The first-order valence-electron chi connectivity index (χ1n) is 6.19. The lowest BCUT2D eigenvalue weighted by molar-refractivity contribution is -0.765. The summed E-state index contributed by atoms with van der Waals surface area (Å²) >= 11 is 0. The smallest absolute Gasteiger partial charge is 0.292 e. The second kappa shape index (κ2) is 6.39. The van der Waals surface area contributed by atoms with Crippen molar-refractivity contribution in [3.63, 3.8) is 0 Å². The van der Waals surface area contributed by atoms with Crippen molar-refractivity contribution in [1.29, 1.82) is 0 Å². The van der Waals surface area contributed by atoms with Gasteiger partial charge in [-0.2, -0.15) is 4.57 Å². The molecule has 5 N–H and O–H groups in total.